The first-order chi connectivity index (χ1) is 15.7. The summed E-state index contributed by atoms with van der Waals surface area (Å²) in [6.07, 6.45) is 2.31. The first-order valence-corrected chi connectivity index (χ1v) is 11.4. The van der Waals surface area contributed by atoms with E-state index in [1.807, 2.05) is 24.9 Å². The van der Waals surface area contributed by atoms with E-state index in [1.165, 1.54) is 24.3 Å². The molecule has 33 heavy (non-hydrogen) atoms. The van der Waals surface area contributed by atoms with Gasteiger partial charge in [-0.3, -0.25) is 4.79 Å². The molecule has 0 saturated carbocycles. The van der Waals surface area contributed by atoms with Gasteiger partial charge in [-0.2, -0.15) is 0 Å². The number of anilines is 2. The first-order valence-electron chi connectivity index (χ1n) is 11.0. The second-order valence-corrected chi connectivity index (χ2v) is 9.25. The highest BCUT2D eigenvalue weighted by molar-refractivity contribution is 6.30. The lowest BCUT2D eigenvalue weighted by atomic mass is 10.0. The van der Waals surface area contributed by atoms with E-state index in [0.717, 1.165) is 11.5 Å². The average molecular weight is 476 g/mol. The van der Waals surface area contributed by atoms with Crippen molar-refractivity contribution < 1.29 is 13.6 Å². The number of nitrogens with two attached hydrogens (primary N) is 1. The van der Waals surface area contributed by atoms with E-state index in [2.05, 4.69) is 10.2 Å². The minimum absolute atomic E-state index is 0.0524. The van der Waals surface area contributed by atoms with Crippen molar-refractivity contribution in [3.05, 3.63) is 71.1 Å². The molecule has 1 amide bonds. The van der Waals surface area contributed by atoms with Crippen molar-refractivity contribution in [2.24, 2.45) is 11.7 Å². The summed E-state index contributed by atoms with van der Waals surface area (Å²) in [7, 11) is 0. The van der Waals surface area contributed by atoms with Crippen LogP contribution in [-0.4, -0.2) is 47.5 Å². The van der Waals surface area contributed by atoms with Gasteiger partial charge in [0, 0.05) is 30.7 Å². The van der Waals surface area contributed by atoms with Gasteiger partial charge in [0.05, 0.1) is 17.6 Å². The molecule has 0 aliphatic carbocycles. The number of nitrogens with zero attached hydrogens (tertiary/aromatic N) is 3. The molecule has 2 heterocycles. The quantitative estimate of drug-likeness (QED) is 0.655. The predicted octanol–water partition coefficient (Wildman–Crippen LogP) is 4.19. The Bertz CT molecular complexity index is 1050. The van der Waals surface area contributed by atoms with E-state index < -0.39 is 11.9 Å². The molecular formula is C24H28ClF2N5O. The second-order valence-electron chi connectivity index (χ2n) is 8.85. The van der Waals surface area contributed by atoms with Crippen LogP contribution in [0, 0.1) is 17.6 Å². The van der Waals surface area contributed by atoms with Crippen LogP contribution in [0.25, 0.3) is 0 Å². The zero-order valence-corrected chi connectivity index (χ0v) is 19.4. The van der Waals surface area contributed by atoms with Crippen molar-refractivity contribution in [1.82, 2.24) is 9.80 Å². The van der Waals surface area contributed by atoms with Gasteiger partial charge >= 0.3 is 0 Å². The highest BCUT2D eigenvalue weighted by Crippen LogP contribution is 2.33. The number of benzene rings is 2. The van der Waals surface area contributed by atoms with Gasteiger partial charge in [0.25, 0.3) is 0 Å². The highest BCUT2D eigenvalue weighted by Gasteiger charge is 2.39. The number of nitrogens with one attached hydrogen (secondary N) is 1. The summed E-state index contributed by atoms with van der Waals surface area (Å²) < 4.78 is 27.5. The van der Waals surface area contributed by atoms with Crippen LogP contribution in [0.2, 0.25) is 5.02 Å². The molecule has 9 heteroatoms. The Balaban J connectivity index is 1.59. The molecule has 1 saturated heterocycles. The Kier molecular flexibility index (Phi) is 6.76. The van der Waals surface area contributed by atoms with Crippen LogP contribution in [0.1, 0.15) is 20.3 Å². The summed E-state index contributed by atoms with van der Waals surface area (Å²) in [5, 5.41) is 3.31. The number of carbonyl (C=O) groups is 1. The maximum absolute atomic E-state index is 14.0. The summed E-state index contributed by atoms with van der Waals surface area (Å²) in [4.78, 5) is 18.9. The van der Waals surface area contributed by atoms with Gasteiger partial charge in [0.15, 0.2) is 0 Å². The van der Waals surface area contributed by atoms with Gasteiger partial charge < -0.3 is 25.8 Å². The highest BCUT2D eigenvalue weighted by atomic mass is 35.5. The van der Waals surface area contributed by atoms with Crippen LogP contribution in [0.4, 0.5) is 20.2 Å². The van der Waals surface area contributed by atoms with Crippen molar-refractivity contribution in [3.8, 4) is 0 Å². The largest absolute Gasteiger partial charge is 0.341 e. The van der Waals surface area contributed by atoms with Crippen LogP contribution in [0.3, 0.4) is 0 Å². The maximum Gasteiger partial charge on any atom is 0.239 e. The lowest BCUT2D eigenvalue weighted by Crippen LogP contribution is -2.59. The minimum atomic E-state index is -0.542. The van der Waals surface area contributed by atoms with Crippen molar-refractivity contribution in [1.29, 1.82) is 0 Å². The number of rotatable bonds is 6. The minimum Gasteiger partial charge on any atom is -0.341 e. The summed E-state index contributed by atoms with van der Waals surface area (Å²) >= 11 is 5.81. The Labute approximate surface area is 197 Å². The van der Waals surface area contributed by atoms with E-state index >= 15 is 0 Å². The van der Waals surface area contributed by atoms with Gasteiger partial charge in [-0.1, -0.05) is 25.4 Å². The molecule has 4 rings (SSSR count). The fourth-order valence-corrected chi connectivity index (χ4v) is 4.42. The molecule has 3 N–H and O–H groups in total. The number of fused-ring (bicyclic) bond motifs is 1. The predicted molar refractivity (Wildman–Crippen MR) is 126 cm³/mol. The number of hydrogen-bond donors (Lipinski definition) is 2. The summed E-state index contributed by atoms with van der Waals surface area (Å²) in [6.45, 7) is 5.60. The smallest absolute Gasteiger partial charge is 0.239 e. The lowest BCUT2D eigenvalue weighted by molar-refractivity contribution is -0.135. The Morgan fingerprint density at radius 3 is 2.58 bits per heavy atom. The SMILES string of the molecule is CC(C)C[C@H](N)C(=O)N1CCN2C(Nc3ccc(Cl)c(F)c3)=CN(c3ccc(F)cc3)C2C1. The van der Waals surface area contributed by atoms with Gasteiger partial charge in [0.1, 0.15) is 23.6 Å². The fraction of sp³-hybridized carbons (Fsp3) is 0.375. The van der Waals surface area contributed by atoms with Crippen LogP contribution in [0.5, 0.6) is 0 Å². The van der Waals surface area contributed by atoms with E-state index in [4.69, 9.17) is 17.3 Å². The fourth-order valence-electron chi connectivity index (χ4n) is 4.30. The van der Waals surface area contributed by atoms with Crippen molar-refractivity contribution in [2.75, 3.05) is 29.9 Å². The number of hydrogen-bond acceptors (Lipinski definition) is 5. The molecular weight excluding hydrogens is 448 g/mol. The zero-order valence-electron chi connectivity index (χ0n) is 18.6. The summed E-state index contributed by atoms with van der Waals surface area (Å²) in [6, 6.07) is 10.2. The third kappa shape index (κ3) is 5.07. The van der Waals surface area contributed by atoms with Crippen LogP contribution in [0.15, 0.2) is 54.5 Å². The van der Waals surface area contributed by atoms with Crippen molar-refractivity contribution in [3.63, 3.8) is 0 Å². The number of halogens is 3. The van der Waals surface area contributed by atoms with Crippen molar-refractivity contribution >= 4 is 28.9 Å². The van der Waals surface area contributed by atoms with E-state index in [9.17, 15) is 13.6 Å². The molecule has 2 atom stereocenters. The molecule has 2 aromatic carbocycles. The van der Waals surface area contributed by atoms with Gasteiger partial charge in [-0.05, 0) is 54.8 Å². The third-order valence-electron chi connectivity index (χ3n) is 5.92. The normalized spacial score (nSPS) is 18.9. The first kappa shape index (κ1) is 23.3. The Hall–Kier alpha value is -2.84. The molecule has 1 fully saturated rings. The lowest BCUT2D eigenvalue weighted by Gasteiger charge is -2.43. The molecule has 2 aromatic rings. The Morgan fingerprint density at radius 1 is 1.18 bits per heavy atom. The van der Waals surface area contributed by atoms with E-state index in [1.54, 1.807) is 23.1 Å². The number of piperazine rings is 1. The average Bonchev–Trinajstić information content (AvgIpc) is 3.13. The van der Waals surface area contributed by atoms with Gasteiger partial charge in [-0.25, -0.2) is 8.78 Å². The molecule has 2 aliphatic heterocycles. The van der Waals surface area contributed by atoms with E-state index in [-0.39, 0.29) is 22.9 Å². The Morgan fingerprint density at radius 2 is 1.91 bits per heavy atom. The van der Waals surface area contributed by atoms with Crippen LogP contribution in [-0.2, 0) is 4.79 Å². The molecule has 0 spiro atoms. The molecule has 1 unspecified atom stereocenters. The van der Waals surface area contributed by atoms with E-state index in [0.29, 0.717) is 37.7 Å². The van der Waals surface area contributed by atoms with Crippen molar-refractivity contribution in [2.45, 2.75) is 32.5 Å². The molecule has 0 radical (unpaired) electrons. The second kappa shape index (κ2) is 9.57. The summed E-state index contributed by atoms with van der Waals surface area (Å²) in [5.74, 6) is 0.175. The van der Waals surface area contributed by atoms with Crippen LogP contribution < -0.4 is 16.0 Å². The number of amides is 1. The van der Waals surface area contributed by atoms with Gasteiger partial charge in [0.2, 0.25) is 5.91 Å². The summed E-state index contributed by atoms with van der Waals surface area (Å²) in [5.41, 5.74) is 7.51. The molecule has 2 aliphatic rings. The van der Waals surface area contributed by atoms with Gasteiger partial charge in [-0.15, -0.1) is 0 Å². The molecule has 176 valence electrons. The monoisotopic (exact) mass is 475 g/mol. The standard InChI is InChI=1S/C24H28ClF2N5O/c1-15(2)11-21(28)24(33)30-9-10-31-22(29-17-5-8-19(25)20(27)12-17)13-32(23(31)14-30)18-6-3-16(26)4-7-18/h3-8,12-13,15,21,23,29H,9-11,14,28H2,1-2H3/t21-,23?/m0/s1. The maximum atomic E-state index is 14.0. The topological polar surface area (TPSA) is 64.8 Å². The number of carbonyl (C=O) groups excluding carboxylic acids is 1. The van der Waals surface area contributed by atoms with Crippen LogP contribution >= 0.6 is 11.6 Å². The molecule has 0 aromatic heterocycles. The zero-order chi connectivity index (χ0) is 23.7. The third-order valence-corrected chi connectivity index (χ3v) is 6.22. The molecule has 0 bridgehead atoms. The molecule has 6 nitrogen and oxygen atoms in total.